The predicted molar refractivity (Wildman–Crippen MR) is 98.9 cm³/mol. The molecule has 0 bridgehead atoms. The van der Waals surface area contributed by atoms with E-state index in [2.05, 4.69) is 63.8 Å². The maximum Gasteiger partial charge on any atom is 0.0695 e. The van der Waals surface area contributed by atoms with Gasteiger partial charge in [0.25, 0.3) is 0 Å². The van der Waals surface area contributed by atoms with Crippen LogP contribution in [-0.2, 0) is 11.8 Å². The Morgan fingerprint density at radius 3 is 2.43 bits per heavy atom. The summed E-state index contributed by atoms with van der Waals surface area (Å²) in [5, 5.41) is 10.6. The lowest BCUT2D eigenvalue weighted by Crippen LogP contribution is -2.41. The number of β-amino-alcohol motifs (C(OH)–C–C–N with tert-alkyl or cyclic N) is 1. The van der Waals surface area contributed by atoms with Crippen LogP contribution < -0.4 is 0 Å². The summed E-state index contributed by atoms with van der Waals surface area (Å²) in [5.41, 5.74) is 2.91. The Bertz CT molecular complexity index is 474. The first-order valence-corrected chi connectivity index (χ1v) is 9.25. The molecule has 2 heteroatoms. The molecule has 1 fully saturated rings. The Labute approximate surface area is 142 Å². The van der Waals surface area contributed by atoms with Crippen LogP contribution >= 0.6 is 0 Å². The number of rotatable bonds is 5. The normalized spacial score (nSPS) is 22.8. The van der Waals surface area contributed by atoms with E-state index >= 15 is 0 Å². The second-order valence-corrected chi connectivity index (χ2v) is 8.70. The maximum atomic E-state index is 10.6. The van der Waals surface area contributed by atoms with Gasteiger partial charge < -0.3 is 10.0 Å². The highest BCUT2D eigenvalue weighted by Gasteiger charge is 2.22. The predicted octanol–water partition coefficient (Wildman–Crippen LogP) is 4.26. The van der Waals surface area contributed by atoms with Crippen LogP contribution in [0.4, 0.5) is 0 Å². The molecule has 1 N–H and O–H groups in total. The second-order valence-electron chi connectivity index (χ2n) is 8.70. The quantitative estimate of drug-likeness (QED) is 0.877. The van der Waals surface area contributed by atoms with Crippen molar-refractivity contribution >= 4 is 0 Å². The Morgan fingerprint density at radius 1 is 1.22 bits per heavy atom. The Kier molecular flexibility index (Phi) is 6.27. The number of benzene rings is 1. The molecule has 1 saturated heterocycles. The van der Waals surface area contributed by atoms with Gasteiger partial charge in [-0.1, -0.05) is 58.9 Å². The Hall–Kier alpha value is -0.860. The number of piperidine rings is 1. The summed E-state index contributed by atoms with van der Waals surface area (Å²) in [6, 6.07) is 8.93. The van der Waals surface area contributed by atoms with Gasteiger partial charge in [-0.05, 0) is 54.2 Å². The van der Waals surface area contributed by atoms with Crippen LogP contribution in [0.25, 0.3) is 0 Å². The zero-order valence-electron chi connectivity index (χ0n) is 15.7. The van der Waals surface area contributed by atoms with Crippen molar-refractivity contribution in [3.8, 4) is 0 Å². The van der Waals surface area contributed by atoms with Crippen molar-refractivity contribution in [2.75, 3.05) is 19.6 Å². The van der Waals surface area contributed by atoms with Crippen molar-refractivity contribution in [3.63, 3.8) is 0 Å². The highest BCUT2D eigenvalue weighted by atomic mass is 16.3. The lowest BCUT2D eigenvalue weighted by Gasteiger charge is -2.33. The zero-order valence-corrected chi connectivity index (χ0v) is 15.7. The first-order valence-electron chi connectivity index (χ1n) is 9.25. The standard InChI is InChI=1S/C21H35NO/c1-16-7-6-12-22(14-16)15-20(23)17(2)13-18-8-10-19(11-9-18)21(3,4)5/h8-11,16-17,20,23H,6-7,12-15H2,1-5H3. The molecular formula is C21H35NO. The number of nitrogens with zero attached hydrogens (tertiary/aromatic N) is 1. The van der Waals surface area contributed by atoms with Crippen molar-refractivity contribution in [3.05, 3.63) is 35.4 Å². The first kappa shape index (κ1) is 18.5. The van der Waals surface area contributed by atoms with Crippen LogP contribution in [0.15, 0.2) is 24.3 Å². The average Bonchev–Trinajstić information content (AvgIpc) is 2.46. The summed E-state index contributed by atoms with van der Waals surface area (Å²) in [6.07, 6.45) is 3.33. The van der Waals surface area contributed by atoms with Crippen molar-refractivity contribution in [1.82, 2.24) is 4.90 Å². The van der Waals surface area contributed by atoms with E-state index < -0.39 is 0 Å². The summed E-state index contributed by atoms with van der Waals surface area (Å²) in [7, 11) is 0. The molecular weight excluding hydrogens is 282 g/mol. The summed E-state index contributed by atoms with van der Waals surface area (Å²) in [6.45, 7) is 14.3. The minimum absolute atomic E-state index is 0.203. The second kappa shape index (κ2) is 7.81. The molecule has 23 heavy (non-hydrogen) atoms. The SMILES string of the molecule is CC1CCCN(CC(O)C(C)Cc2ccc(C(C)(C)C)cc2)C1. The molecule has 1 aliphatic rings. The van der Waals surface area contributed by atoms with Crippen molar-refractivity contribution < 1.29 is 5.11 Å². The van der Waals surface area contributed by atoms with Crippen molar-refractivity contribution in [2.45, 2.75) is 65.4 Å². The molecule has 0 radical (unpaired) electrons. The first-order chi connectivity index (χ1) is 10.8. The van der Waals surface area contributed by atoms with Gasteiger partial charge in [-0.3, -0.25) is 0 Å². The maximum absolute atomic E-state index is 10.6. The third kappa shape index (κ3) is 5.61. The van der Waals surface area contributed by atoms with Gasteiger partial charge in [-0.15, -0.1) is 0 Å². The summed E-state index contributed by atoms with van der Waals surface area (Å²) in [4.78, 5) is 2.44. The molecule has 2 nitrogen and oxygen atoms in total. The van der Waals surface area contributed by atoms with Gasteiger partial charge >= 0.3 is 0 Å². The van der Waals surface area contributed by atoms with E-state index in [-0.39, 0.29) is 11.5 Å². The molecule has 1 aliphatic heterocycles. The zero-order chi connectivity index (χ0) is 17.0. The molecule has 2 rings (SSSR count). The fourth-order valence-electron chi connectivity index (χ4n) is 3.55. The van der Waals surface area contributed by atoms with Gasteiger partial charge in [0.05, 0.1) is 6.10 Å². The van der Waals surface area contributed by atoms with E-state index in [0.29, 0.717) is 5.92 Å². The van der Waals surface area contributed by atoms with Crippen molar-refractivity contribution in [1.29, 1.82) is 0 Å². The van der Waals surface area contributed by atoms with Gasteiger partial charge in [-0.25, -0.2) is 0 Å². The van der Waals surface area contributed by atoms with Crippen LogP contribution in [0.2, 0.25) is 0 Å². The van der Waals surface area contributed by atoms with Crippen LogP contribution in [0, 0.1) is 11.8 Å². The smallest absolute Gasteiger partial charge is 0.0695 e. The topological polar surface area (TPSA) is 23.5 Å². The van der Waals surface area contributed by atoms with E-state index in [1.807, 2.05) is 0 Å². The van der Waals surface area contributed by atoms with Crippen LogP contribution in [0.5, 0.6) is 0 Å². The number of aliphatic hydroxyl groups is 1. The van der Waals surface area contributed by atoms with Gasteiger partial charge in [-0.2, -0.15) is 0 Å². The number of hydrogen-bond acceptors (Lipinski definition) is 2. The monoisotopic (exact) mass is 317 g/mol. The summed E-state index contributed by atoms with van der Waals surface area (Å²) < 4.78 is 0. The number of aliphatic hydroxyl groups excluding tert-OH is 1. The molecule has 0 aliphatic carbocycles. The lowest BCUT2D eigenvalue weighted by molar-refractivity contribution is 0.0537. The largest absolute Gasteiger partial charge is 0.392 e. The van der Waals surface area contributed by atoms with Crippen molar-refractivity contribution in [2.24, 2.45) is 11.8 Å². The molecule has 3 atom stereocenters. The minimum Gasteiger partial charge on any atom is -0.392 e. The van der Waals surface area contributed by atoms with Gasteiger partial charge in [0.1, 0.15) is 0 Å². The summed E-state index contributed by atoms with van der Waals surface area (Å²) >= 11 is 0. The van der Waals surface area contributed by atoms with Crippen LogP contribution in [0.1, 0.15) is 58.6 Å². The van der Waals surface area contributed by atoms with E-state index in [4.69, 9.17) is 0 Å². The van der Waals surface area contributed by atoms with Gasteiger partial charge in [0.15, 0.2) is 0 Å². The van der Waals surface area contributed by atoms with Crippen LogP contribution in [-0.4, -0.2) is 35.7 Å². The van der Waals surface area contributed by atoms with Crippen LogP contribution in [0.3, 0.4) is 0 Å². The Balaban J connectivity index is 1.86. The molecule has 130 valence electrons. The highest BCUT2D eigenvalue weighted by molar-refractivity contribution is 5.27. The average molecular weight is 318 g/mol. The summed E-state index contributed by atoms with van der Waals surface area (Å²) in [5.74, 6) is 1.07. The van der Waals surface area contributed by atoms with E-state index in [0.717, 1.165) is 32.0 Å². The Morgan fingerprint density at radius 2 is 1.87 bits per heavy atom. The molecule has 0 spiro atoms. The molecule has 3 unspecified atom stereocenters. The molecule has 1 aromatic rings. The highest BCUT2D eigenvalue weighted by Crippen LogP contribution is 2.23. The van der Waals surface area contributed by atoms with Gasteiger partial charge in [0, 0.05) is 13.1 Å². The van der Waals surface area contributed by atoms with E-state index in [1.54, 1.807) is 0 Å². The number of hydrogen-bond donors (Lipinski definition) is 1. The molecule has 0 saturated carbocycles. The fraction of sp³-hybridized carbons (Fsp3) is 0.714. The van der Waals surface area contributed by atoms with E-state index in [1.165, 1.54) is 24.0 Å². The number of likely N-dealkylation sites (tertiary alicyclic amines) is 1. The molecule has 0 aromatic heterocycles. The molecule has 1 aromatic carbocycles. The van der Waals surface area contributed by atoms with Gasteiger partial charge in [0.2, 0.25) is 0 Å². The van der Waals surface area contributed by atoms with E-state index in [9.17, 15) is 5.11 Å². The molecule has 1 heterocycles. The third-order valence-electron chi connectivity index (χ3n) is 5.22. The molecule has 0 amide bonds. The lowest BCUT2D eigenvalue weighted by atomic mass is 9.86. The fourth-order valence-corrected chi connectivity index (χ4v) is 3.55. The minimum atomic E-state index is -0.234. The third-order valence-corrected chi connectivity index (χ3v) is 5.22.